The van der Waals surface area contributed by atoms with Gasteiger partial charge in [0, 0.05) is 26.3 Å². The van der Waals surface area contributed by atoms with Crippen LogP contribution in [-0.2, 0) is 4.74 Å². The van der Waals surface area contributed by atoms with Crippen molar-refractivity contribution >= 4 is 0 Å². The Labute approximate surface area is 101 Å². The Morgan fingerprint density at radius 1 is 1.06 bits per heavy atom. The molecular formula is C13H29NO2. The van der Waals surface area contributed by atoms with Gasteiger partial charge in [-0.05, 0) is 38.6 Å². The first-order chi connectivity index (χ1) is 7.79. The van der Waals surface area contributed by atoms with E-state index in [1.165, 1.54) is 19.3 Å². The molecule has 0 saturated heterocycles. The van der Waals surface area contributed by atoms with Crippen LogP contribution in [0.15, 0.2) is 0 Å². The number of rotatable bonds is 11. The van der Waals surface area contributed by atoms with Gasteiger partial charge in [0.25, 0.3) is 0 Å². The Morgan fingerprint density at radius 3 is 2.25 bits per heavy atom. The molecule has 0 spiro atoms. The van der Waals surface area contributed by atoms with Gasteiger partial charge >= 0.3 is 0 Å². The van der Waals surface area contributed by atoms with E-state index in [1.54, 1.807) is 7.11 Å². The summed E-state index contributed by atoms with van der Waals surface area (Å²) in [7, 11) is 1.76. The number of methoxy groups -OCH3 is 1. The van der Waals surface area contributed by atoms with E-state index in [4.69, 9.17) is 9.84 Å². The summed E-state index contributed by atoms with van der Waals surface area (Å²) in [5.41, 5.74) is 0. The van der Waals surface area contributed by atoms with Crippen LogP contribution in [0.4, 0.5) is 0 Å². The normalized spacial score (nSPS) is 11.6. The molecule has 0 fully saturated rings. The molecule has 0 saturated carbocycles. The van der Waals surface area contributed by atoms with Crippen LogP contribution >= 0.6 is 0 Å². The van der Waals surface area contributed by atoms with Gasteiger partial charge in [0.2, 0.25) is 0 Å². The van der Waals surface area contributed by atoms with Gasteiger partial charge in [-0.15, -0.1) is 0 Å². The number of unbranched alkanes of at least 4 members (excludes halogenated alkanes) is 2. The molecule has 0 bridgehead atoms. The molecular weight excluding hydrogens is 202 g/mol. The van der Waals surface area contributed by atoms with Crippen molar-refractivity contribution in [1.29, 1.82) is 0 Å². The van der Waals surface area contributed by atoms with Gasteiger partial charge in [-0.25, -0.2) is 0 Å². The van der Waals surface area contributed by atoms with Crippen molar-refractivity contribution < 1.29 is 9.84 Å². The smallest absolute Gasteiger partial charge is 0.0589 e. The van der Waals surface area contributed by atoms with Crippen LogP contribution < -0.4 is 0 Å². The molecule has 0 aromatic carbocycles. The molecule has 0 radical (unpaired) electrons. The van der Waals surface area contributed by atoms with Gasteiger partial charge in [0.1, 0.15) is 0 Å². The van der Waals surface area contributed by atoms with Gasteiger partial charge in [-0.3, -0.25) is 4.90 Å². The van der Waals surface area contributed by atoms with E-state index in [9.17, 15) is 0 Å². The number of ether oxygens (including phenoxy) is 1. The third kappa shape index (κ3) is 7.20. The van der Waals surface area contributed by atoms with E-state index in [0.717, 1.165) is 32.5 Å². The molecule has 0 rings (SSSR count). The van der Waals surface area contributed by atoms with E-state index in [2.05, 4.69) is 18.7 Å². The van der Waals surface area contributed by atoms with E-state index in [1.807, 2.05) is 0 Å². The molecule has 0 heterocycles. The highest BCUT2D eigenvalue weighted by molar-refractivity contribution is 4.69. The lowest BCUT2D eigenvalue weighted by Gasteiger charge is -2.30. The zero-order valence-electron chi connectivity index (χ0n) is 11.2. The molecule has 3 nitrogen and oxygen atoms in total. The maximum atomic E-state index is 8.74. The summed E-state index contributed by atoms with van der Waals surface area (Å²) in [4.78, 5) is 2.53. The highest BCUT2D eigenvalue weighted by atomic mass is 16.5. The van der Waals surface area contributed by atoms with Gasteiger partial charge in [-0.2, -0.15) is 0 Å². The fraction of sp³-hybridized carbons (Fsp3) is 1.00. The van der Waals surface area contributed by atoms with Crippen molar-refractivity contribution in [2.75, 3.05) is 33.4 Å². The van der Waals surface area contributed by atoms with Gasteiger partial charge < -0.3 is 9.84 Å². The van der Waals surface area contributed by atoms with E-state index < -0.39 is 0 Å². The Morgan fingerprint density at radius 2 is 1.75 bits per heavy atom. The molecule has 1 N–H and O–H groups in total. The first kappa shape index (κ1) is 15.9. The lowest BCUT2D eigenvalue weighted by Crippen LogP contribution is -2.37. The quantitative estimate of drug-likeness (QED) is 0.554. The average molecular weight is 231 g/mol. The molecule has 0 amide bonds. The molecule has 16 heavy (non-hydrogen) atoms. The number of aliphatic hydroxyl groups is 1. The van der Waals surface area contributed by atoms with Crippen molar-refractivity contribution in [3.63, 3.8) is 0 Å². The maximum absolute atomic E-state index is 8.74. The molecule has 0 aliphatic rings. The second-order valence-corrected chi connectivity index (χ2v) is 4.28. The van der Waals surface area contributed by atoms with Gasteiger partial charge in [0.15, 0.2) is 0 Å². The predicted molar refractivity (Wildman–Crippen MR) is 68.8 cm³/mol. The lowest BCUT2D eigenvalue weighted by atomic mass is 10.1. The van der Waals surface area contributed by atoms with E-state index in [0.29, 0.717) is 12.6 Å². The summed E-state index contributed by atoms with van der Waals surface area (Å²) in [5, 5.41) is 8.74. The fourth-order valence-electron chi connectivity index (χ4n) is 2.09. The van der Waals surface area contributed by atoms with Crippen LogP contribution in [0.5, 0.6) is 0 Å². The summed E-state index contributed by atoms with van der Waals surface area (Å²) < 4.78 is 5.16. The van der Waals surface area contributed by atoms with Crippen molar-refractivity contribution in [2.24, 2.45) is 0 Å². The molecule has 3 heteroatoms. The Balaban J connectivity index is 3.88. The molecule has 0 unspecified atom stereocenters. The minimum atomic E-state index is 0.322. The first-order valence-electron chi connectivity index (χ1n) is 6.63. The lowest BCUT2D eigenvalue weighted by molar-refractivity contribution is 0.113. The summed E-state index contributed by atoms with van der Waals surface area (Å²) in [6.07, 6.45) is 5.66. The second-order valence-electron chi connectivity index (χ2n) is 4.28. The van der Waals surface area contributed by atoms with Crippen LogP contribution in [0.3, 0.4) is 0 Å². The molecule has 98 valence electrons. The van der Waals surface area contributed by atoms with Gasteiger partial charge in [0.05, 0.1) is 6.61 Å². The number of hydrogen-bond acceptors (Lipinski definition) is 3. The Kier molecular flexibility index (Phi) is 11.3. The molecule has 0 aromatic heterocycles. The SMILES string of the molecule is CCC(CC)N(CCCCCO)CCOC. The van der Waals surface area contributed by atoms with Crippen LogP contribution in [-0.4, -0.2) is 49.5 Å². The first-order valence-corrected chi connectivity index (χ1v) is 6.63. The van der Waals surface area contributed by atoms with E-state index in [-0.39, 0.29) is 0 Å². The monoisotopic (exact) mass is 231 g/mol. The number of hydrogen-bond donors (Lipinski definition) is 1. The summed E-state index contributed by atoms with van der Waals surface area (Å²) in [6.45, 7) is 7.81. The average Bonchev–Trinajstić information content (AvgIpc) is 2.31. The van der Waals surface area contributed by atoms with Crippen molar-refractivity contribution in [2.45, 2.75) is 52.0 Å². The Hall–Kier alpha value is -0.120. The van der Waals surface area contributed by atoms with Crippen LogP contribution in [0.25, 0.3) is 0 Å². The van der Waals surface area contributed by atoms with Crippen LogP contribution in [0, 0.1) is 0 Å². The van der Waals surface area contributed by atoms with Crippen molar-refractivity contribution in [1.82, 2.24) is 4.90 Å². The van der Waals surface area contributed by atoms with Gasteiger partial charge in [-0.1, -0.05) is 13.8 Å². The minimum Gasteiger partial charge on any atom is -0.396 e. The minimum absolute atomic E-state index is 0.322. The molecule has 0 aliphatic carbocycles. The maximum Gasteiger partial charge on any atom is 0.0589 e. The predicted octanol–water partition coefficient (Wildman–Crippen LogP) is 2.29. The largest absolute Gasteiger partial charge is 0.396 e. The summed E-state index contributed by atoms with van der Waals surface area (Å²) >= 11 is 0. The highest BCUT2D eigenvalue weighted by Gasteiger charge is 2.13. The third-order valence-electron chi connectivity index (χ3n) is 3.14. The third-order valence-corrected chi connectivity index (χ3v) is 3.14. The molecule has 0 atom stereocenters. The zero-order chi connectivity index (χ0) is 12.2. The van der Waals surface area contributed by atoms with Crippen LogP contribution in [0.1, 0.15) is 46.0 Å². The second kappa shape index (κ2) is 11.4. The zero-order valence-corrected chi connectivity index (χ0v) is 11.2. The highest BCUT2D eigenvalue weighted by Crippen LogP contribution is 2.10. The number of nitrogens with zero attached hydrogens (tertiary/aromatic N) is 1. The van der Waals surface area contributed by atoms with Crippen LogP contribution in [0.2, 0.25) is 0 Å². The molecule has 0 aliphatic heterocycles. The summed E-state index contributed by atoms with van der Waals surface area (Å²) in [6, 6.07) is 0.685. The Bertz CT molecular complexity index is 138. The van der Waals surface area contributed by atoms with E-state index >= 15 is 0 Å². The molecule has 0 aromatic rings. The fourth-order valence-corrected chi connectivity index (χ4v) is 2.09. The number of aliphatic hydroxyl groups excluding tert-OH is 1. The van der Waals surface area contributed by atoms with Crippen molar-refractivity contribution in [3.05, 3.63) is 0 Å². The topological polar surface area (TPSA) is 32.7 Å². The summed E-state index contributed by atoms with van der Waals surface area (Å²) in [5.74, 6) is 0. The van der Waals surface area contributed by atoms with Crippen molar-refractivity contribution in [3.8, 4) is 0 Å². The standard InChI is InChI=1S/C13H29NO2/c1-4-13(5-2)14(10-12-16-3)9-7-6-8-11-15/h13,15H,4-12H2,1-3H3.